The first kappa shape index (κ1) is 69.2. The van der Waals surface area contributed by atoms with Gasteiger partial charge in [-0.15, -0.1) is 0 Å². The van der Waals surface area contributed by atoms with Gasteiger partial charge in [0.25, 0.3) is 0 Å². The Labute approximate surface area is 443 Å². The first-order valence-corrected chi connectivity index (χ1v) is 30.8. The third-order valence-electron chi connectivity index (χ3n) is 12.4. The molecule has 0 heterocycles. The van der Waals surface area contributed by atoms with Crippen LogP contribution in [0.5, 0.6) is 0 Å². The number of allylic oxidation sites excluding steroid dienone is 14. The van der Waals surface area contributed by atoms with Gasteiger partial charge in [0.2, 0.25) is 0 Å². The number of phosphoric ester groups is 1. The van der Waals surface area contributed by atoms with Gasteiger partial charge in [-0.1, -0.05) is 234 Å². The number of nitrogens with zero attached hydrogens (tertiary/aromatic N) is 1. The number of phosphoric acid groups is 1. The Morgan fingerprint density at radius 1 is 0.444 bits per heavy atom. The Morgan fingerprint density at radius 3 is 1.18 bits per heavy atom. The zero-order chi connectivity index (χ0) is 52.7. The molecule has 1 N–H and O–H groups in total. The van der Waals surface area contributed by atoms with Crippen molar-refractivity contribution in [2.24, 2.45) is 0 Å². The lowest BCUT2D eigenvalue weighted by Gasteiger charge is -2.24. The summed E-state index contributed by atoms with van der Waals surface area (Å²) in [5.74, 6) is -0.811. The van der Waals surface area contributed by atoms with Gasteiger partial charge in [-0.25, -0.2) is 4.57 Å². The zero-order valence-electron chi connectivity index (χ0n) is 47.1. The highest BCUT2D eigenvalue weighted by atomic mass is 31.2. The van der Waals surface area contributed by atoms with Gasteiger partial charge in [0.05, 0.1) is 27.7 Å². The van der Waals surface area contributed by atoms with Crippen LogP contribution in [0.25, 0.3) is 0 Å². The van der Waals surface area contributed by atoms with Crippen molar-refractivity contribution in [2.75, 3.05) is 47.5 Å². The SMILES string of the molecule is CC/C=C\C/C=C\C/C=C\C/C=C\C/C=C\CCCCCCCCCCCCCCCCCCCCCC(=O)OC(COC(=O)CCCCCCC/C=C\C/C=C\CCC)COP(=O)(O)OCC[N+](C)(C)C. The lowest BCUT2D eigenvalue weighted by molar-refractivity contribution is -0.870. The molecule has 9 nitrogen and oxygen atoms in total. The number of unbranched alkanes of at least 4 members (excludes halogenated alkanes) is 25. The van der Waals surface area contributed by atoms with E-state index in [1.807, 2.05) is 21.1 Å². The molecule has 0 aromatic rings. The maximum atomic E-state index is 12.8. The Balaban J connectivity index is 4.00. The monoisotopic (exact) mass is 1030 g/mol. The van der Waals surface area contributed by atoms with Crippen molar-refractivity contribution in [3.05, 3.63) is 85.1 Å². The quantitative estimate of drug-likeness (QED) is 0.0211. The highest BCUT2D eigenvalue weighted by Gasteiger charge is 2.27. The molecule has 2 unspecified atom stereocenters. The molecular formula is C62H111NO8P+. The minimum absolute atomic E-state index is 0.0277. The van der Waals surface area contributed by atoms with Gasteiger partial charge in [-0.05, 0) is 83.5 Å². The van der Waals surface area contributed by atoms with Crippen LogP contribution in [0.1, 0.15) is 245 Å². The maximum Gasteiger partial charge on any atom is 0.472 e. The van der Waals surface area contributed by atoms with E-state index in [1.54, 1.807) is 0 Å². The van der Waals surface area contributed by atoms with Crippen molar-refractivity contribution in [3.63, 3.8) is 0 Å². The Hall–Kier alpha value is -2.81. The van der Waals surface area contributed by atoms with Crippen molar-refractivity contribution in [1.29, 1.82) is 0 Å². The smallest absolute Gasteiger partial charge is 0.462 e. The minimum Gasteiger partial charge on any atom is -0.462 e. The molecule has 0 fully saturated rings. The molecule has 2 atom stereocenters. The van der Waals surface area contributed by atoms with Gasteiger partial charge >= 0.3 is 19.8 Å². The van der Waals surface area contributed by atoms with Gasteiger partial charge in [0.15, 0.2) is 6.10 Å². The molecule has 416 valence electrons. The zero-order valence-corrected chi connectivity index (χ0v) is 48.0. The van der Waals surface area contributed by atoms with Gasteiger partial charge in [-0.3, -0.25) is 18.6 Å². The molecule has 72 heavy (non-hydrogen) atoms. The van der Waals surface area contributed by atoms with Crippen molar-refractivity contribution in [2.45, 2.75) is 251 Å². The molecule has 10 heteroatoms. The fourth-order valence-electron chi connectivity index (χ4n) is 7.90. The van der Waals surface area contributed by atoms with Crippen LogP contribution in [0.2, 0.25) is 0 Å². The van der Waals surface area contributed by atoms with Crippen LogP contribution in [0.15, 0.2) is 85.1 Å². The van der Waals surface area contributed by atoms with E-state index >= 15 is 0 Å². The summed E-state index contributed by atoms with van der Waals surface area (Å²) in [6.07, 6.45) is 71.0. The normalized spacial score (nSPS) is 13.9. The van der Waals surface area contributed by atoms with Crippen LogP contribution in [0, 0.1) is 0 Å². The third kappa shape index (κ3) is 56.5. The van der Waals surface area contributed by atoms with E-state index < -0.39 is 26.5 Å². The lowest BCUT2D eigenvalue weighted by Crippen LogP contribution is -2.37. The van der Waals surface area contributed by atoms with Crippen LogP contribution in [-0.4, -0.2) is 74.9 Å². The standard InChI is InChI=1S/C62H110NO8P/c1-6-8-10-12-14-16-18-20-21-22-23-24-25-26-27-28-29-30-31-32-33-34-35-36-37-38-39-40-41-43-45-47-49-51-53-55-62(65)71-60(59-70-72(66,67)69-57-56-63(3,4)5)58-68-61(64)54-52-50-48-46-44-42-19-17-15-13-11-9-7-2/h8,10-11,13-14,16-17,19-21,23-24,26-27,60H,6-7,9,12,15,18,22,25,28-59H2,1-5H3/p+1/b10-8-,13-11-,16-14-,19-17-,21-20-,24-23-,27-26-. The van der Waals surface area contributed by atoms with Crippen molar-refractivity contribution in [1.82, 2.24) is 0 Å². The molecule has 0 aromatic carbocycles. The molecule has 0 saturated heterocycles. The average molecular weight is 1030 g/mol. The van der Waals surface area contributed by atoms with Gasteiger partial charge in [0.1, 0.15) is 19.8 Å². The predicted molar refractivity (Wildman–Crippen MR) is 307 cm³/mol. The fourth-order valence-corrected chi connectivity index (χ4v) is 8.65. The van der Waals surface area contributed by atoms with Gasteiger partial charge < -0.3 is 18.9 Å². The van der Waals surface area contributed by atoms with Crippen molar-refractivity contribution < 1.29 is 42.1 Å². The number of esters is 2. The molecule has 0 aliphatic heterocycles. The van der Waals surface area contributed by atoms with Gasteiger partial charge in [-0.2, -0.15) is 0 Å². The number of rotatable bonds is 53. The minimum atomic E-state index is -4.39. The van der Waals surface area contributed by atoms with E-state index in [4.69, 9.17) is 18.5 Å². The van der Waals surface area contributed by atoms with Crippen molar-refractivity contribution in [3.8, 4) is 0 Å². The van der Waals surface area contributed by atoms with Gasteiger partial charge in [0, 0.05) is 12.8 Å². The lowest BCUT2D eigenvalue weighted by atomic mass is 10.0. The molecule has 0 bridgehead atoms. The number of ether oxygens (including phenoxy) is 2. The van der Waals surface area contributed by atoms with Crippen LogP contribution in [0.4, 0.5) is 0 Å². The number of carbonyl (C=O) groups is 2. The number of hydrogen-bond acceptors (Lipinski definition) is 7. The van der Waals surface area contributed by atoms with E-state index in [1.165, 1.54) is 116 Å². The summed E-state index contributed by atoms with van der Waals surface area (Å²) < 4.78 is 34.5. The molecule has 0 saturated carbocycles. The van der Waals surface area contributed by atoms with E-state index in [0.29, 0.717) is 17.4 Å². The van der Waals surface area contributed by atoms with Crippen LogP contribution in [-0.2, 0) is 32.7 Å². The Bertz CT molecular complexity index is 1490. The number of likely N-dealkylation sites (N-methyl/N-ethyl adjacent to an activating group) is 1. The summed E-state index contributed by atoms with van der Waals surface area (Å²) in [5.41, 5.74) is 0. The summed E-state index contributed by atoms with van der Waals surface area (Å²) in [4.78, 5) is 35.6. The summed E-state index contributed by atoms with van der Waals surface area (Å²) in [5, 5.41) is 0. The molecule has 0 aliphatic carbocycles. The first-order chi connectivity index (χ1) is 35.0. The number of carbonyl (C=O) groups excluding carboxylic acids is 2. The Morgan fingerprint density at radius 2 is 0.792 bits per heavy atom. The summed E-state index contributed by atoms with van der Waals surface area (Å²) in [7, 11) is 1.47. The summed E-state index contributed by atoms with van der Waals surface area (Å²) in [6.45, 7) is 4.24. The molecule has 0 amide bonds. The average Bonchev–Trinajstić information content (AvgIpc) is 3.34. The highest BCUT2D eigenvalue weighted by Crippen LogP contribution is 2.43. The summed E-state index contributed by atoms with van der Waals surface area (Å²) in [6, 6.07) is 0. The second-order valence-electron chi connectivity index (χ2n) is 20.6. The third-order valence-corrected chi connectivity index (χ3v) is 13.4. The largest absolute Gasteiger partial charge is 0.472 e. The predicted octanol–water partition coefficient (Wildman–Crippen LogP) is 18.3. The van der Waals surface area contributed by atoms with Crippen LogP contribution in [0.3, 0.4) is 0 Å². The number of quaternary nitrogens is 1. The molecule has 0 aromatic heterocycles. The molecule has 0 rings (SSSR count). The maximum absolute atomic E-state index is 12.8. The topological polar surface area (TPSA) is 108 Å². The van der Waals surface area contributed by atoms with E-state index in [2.05, 4.69) is 98.9 Å². The first-order valence-electron chi connectivity index (χ1n) is 29.3. The second kappa shape index (κ2) is 53.0. The fraction of sp³-hybridized carbons (Fsp3) is 0.742. The summed E-state index contributed by atoms with van der Waals surface area (Å²) >= 11 is 0. The van der Waals surface area contributed by atoms with Crippen LogP contribution >= 0.6 is 7.82 Å². The van der Waals surface area contributed by atoms with Crippen LogP contribution < -0.4 is 0 Å². The Kier molecular flexibility index (Phi) is 51.0. The van der Waals surface area contributed by atoms with Crippen molar-refractivity contribution >= 4 is 19.8 Å². The second-order valence-corrected chi connectivity index (χ2v) is 22.1. The van der Waals surface area contributed by atoms with E-state index in [-0.39, 0.29) is 32.0 Å². The molecule has 0 radical (unpaired) electrons. The molecule has 0 spiro atoms. The number of hydrogen-bond donors (Lipinski definition) is 1. The molecule has 0 aliphatic rings. The highest BCUT2D eigenvalue weighted by molar-refractivity contribution is 7.47. The van der Waals surface area contributed by atoms with E-state index in [0.717, 1.165) is 96.3 Å². The van der Waals surface area contributed by atoms with E-state index in [9.17, 15) is 19.0 Å². The molecular weight excluding hydrogens is 918 g/mol.